The van der Waals surface area contributed by atoms with Gasteiger partial charge in [-0.15, -0.1) is 0 Å². The highest BCUT2D eigenvalue weighted by atomic mass is 35.5. The van der Waals surface area contributed by atoms with Gasteiger partial charge in [-0.2, -0.15) is 0 Å². The molecular formula is C17H16Cl2N2OS. The smallest absolute Gasteiger partial charge is 0.0984 e. The van der Waals surface area contributed by atoms with Gasteiger partial charge in [0.05, 0.1) is 37.0 Å². The van der Waals surface area contributed by atoms with Crippen LogP contribution in [0.25, 0.3) is 0 Å². The van der Waals surface area contributed by atoms with Crippen molar-refractivity contribution in [2.75, 3.05) is 6.54 Å². The topological polar surface area (TPSA) is 41.5 Å². The van der Waals surface area contributed by atoms with Crippen molar-refractivity contribution in [3.63, 3.8) is 0 Å². The van der Waals surface area contributed by atoms with E-state index in [1.54, 1.807) is 0 Å². The molecule has 2 aromatic carbocycles. The van der Waals surface area contributed by atoms with Gasteiger partial charge in [0.15, 0.2) is 0 Å². The number of aryl methyl sites for hydroxylation is 1. The molecule has 1 heterocycles. The van der Waals surface area contributed by atoms with E-state index in [-0.39, 0.29) is 0 Å². The summed E-state index contributed by atoms with van der Waals surface area (Å²) in [6.45, 7) is 1.66. The summed E-state index contributed by atoms with van der Waals surface area (Å²) in [6, 6.07) is 11.7. The van der Waals surface area contributed by atoms with E-state index >= 15 is 0 Å². The Kier molecular flexibility index (Phi) is 5.49. The minimum absolute atomic E-state index is 0.577. The summed E-state index contributed by atoms with van der Waals surface area (Å²) in [7, 11) is -1.08. The standard InChI is InChI=1S/C17H16Cl2N2OS/c18-14-5-3-13(8-15(14)19)10-20-7-1-2-12-4-6-16-17(9-12)23(22)11-21-16/h3-6,8-9,11,20H,1-2,7,10H2. The summed E-state index contributed by atoms with van der Waals surface area (Å²) in [5.74, 6) is 0. The zero-order valence-electron chi connectivity index (χ0n) is 12.4. The Bertz CT molecular complexity index is 777. The summed E-state index contributed by atoms with van der Waals surface area (Å²) in [5.41, 5.74) is 4.63. The maximum Gasteiger partial charge on any atom is 0.0984 e. The quantitative estimate of drug-likeness (QED) is 0.764. The van der Waals surface area contributed by atoms with Gasteiger partial charge in [0.25, 0.3) is 0 Å². The van der Waals surface area contributed by atoms with E-state index in [0.717, 1.165) is 42.1 Å². The van der Waals surface area contributed by atoms with Crippen LogP contribution in [-0.4, -0.2) is 16.3 Å². The van der Waals surface area contributed by atoms with E-state index in [4.69, 9.17) is 23.2 Å². The highest BCUT2D eigenvalue weighted by Crippen LogP contribution is 2.28. The fourth-order valence-electron chi connectivity index (χ4n) is 2.44. The second kappa shape index (κ2) is 7.58. The number of nitrogens with zero attached hydrogens (tertiary/aromatic N) is 1. The molecule has 0 amide bonds. The lowest BCUT2D eigenvalue weighted by Gasteiger charge is -2.07. The number of rotatable bonds is 6. The van der Waals surface area contributed by atoms with Gasteiger partial charge in [0.1, 0.15) is 0 Å². The first-order chi connectivity index (χ1) is 11.1. The molecule has 3 nitrogen and oxygen atoms in total. The minimum Gasteiger partial charge on any atom is -0.313 e. The van der Waals surface area contributed by atoms with Gasteiger partial charge < -0.3 is 5.32 Å². The Morgan fingerprint density at radius 2 is 1.87 bits per heavy atom. The van der Waals surface area contributed by atoms with Crippen LogP contribution >= 0.6 is 23.2 Å². The van der Waals surface area contributed by atoms with E-state index in [2.05, 4.69) is 16.4 Å². The lowest BCUT2D eigenvalue weighted by atomic mass is 10.1. The average molecular weight is 367 g/mol. The molecule has 120 valence electrons. The van der Waals surface area contributed by atoms with Crippen molar-refractivity contribution < 1.29 is 4.21 Å². The number of nitrogens with one attached hydrogen (secondary N) is 1. The lowest BCUT2D eigenvalue weighted by molar-refractivity contribution is 0.649. The predicted octanol–water partition coefficient (Wildman–Crippen LogP) is 4.50. The van der Waals surface area contributed by atoms with Crippen LogP contribution in [0.3, 0.4) is 0 Å². The molecule has 23 heavy (non-hydrogen) atoms. The van der Waals surface area contributed by atoms with Gasteiger partial charge >= 0.3 is 0 Å². The number of hydrogen-bond acceptors (Lipinski definition) is 3. The number of fused-ring (bicyclic) bond motifs is 1. The van der Waals surface area contributed by atoms with Crippen LogP contribution in [0.15, 0.2) is 46.3 Å². The zero-order chi connectivity index (χ0) is 16.2. The third-order valence-electron chi connectivity index (χ3n) is 3.66. The molecule has 0 radical (unpaired) electrons. The molecule has 1 aliphatic heterocycles. The van der Waals surface area contributed by atoms with E-state index in [0.29, 0.717) is 10.0 Å². The molecule has 0 saturated heterocycles. The van der Waals surface area contributed by atoms with Crippen LogP contribution in [0, 0.1) is 0 Å². The monoisotopic (exact) mass is 366 g/mol. The molecule has 1 atom stereocenters. The van der Waals surface area contributed by atoms with Gasteiger partial charge in [-0.3, -0.25) is 0 Å². The Morgan fingerprint density at radius 3 is 2.70 bits per heavy atom. The first-order valence-corrected chi connectivity index (χ1v) is 9.33. The number of halogens is 2. The third-order valence-corrected chi connectivity index (χ3v) is 5.46. The van der Waals surface area contributed by atoms with Gasteiger partial charge in [-0.1, -0.05) is 35.3 Å². The van der Waals surface area contributed by atoms with Crippen molar-refractivity contribution in [1.82, 2.24) is 5.32 Å². The lowest BCUT2D eigenvalue weighted by Crippen LogP contribution is -2.15. The minimum atomic E-state index is -1.08. The molecule has 0 bridgehead atoms. The molecule has 0 aliphatic carbocycles. The van der Waals surface area contributed by atoms with Crippen molar-refractivity contribution in [1.29, 1.82) is 0 Å². The van der Waals surface area contributed by atoms with Crippen LogP contribution in [0.5, 0.6) is 0 Å². The van der Waals surface area contributed by atoms with Crippen LogP contribution in [0.1, 0.15) is 17.5 Å². The van der Waals surface area contributed by atoms with Crippen molar-refractivity contribution in [2.24, 2.45) is 4.99 Å². The largest absolute Gasteiger partial charge is 0.313 e. The van der Waals surface area contributed by atoms with E-state index in [1.807, 2.05) is 30.3 Å². The molecule has 0 spiro atoms. The van der Waals surface area contributed by atoms with Gasteiger partial charge in [0, 0.05) is 6.54 Å². The van der Waals surface area contributed by atoms with Gasteiger partial charge in [0.2, 0.25) is 0 Å². The number of hydrogen-bond donors (Lipinski definition) is 1. The first kappa shape index (κ1) is 16.7. The van der Waals surface area contributed by atoms with E-state index in [1.165, 1.54) is 11.1 Å². The summed E-state index contributed by atoms with van der Waals surface area (Å²) in [4.78, 5) is 4.95. The molecule has 0 saturated carbocycles. The summed E-state index contributed by atoms with van der Waals surface area (Å²) < 4.78 is 11.7. The second-order valence-corrected chi connectivity index (χ2v) is 7.42. The predicted molar refractivity (Wildman–Crippen MR) is 97.5 cm³/mol. The van der Waals surface area contributed by atoms with Gasteiger partial charge in [-0.25, -0.2) is 9.20 Å². The average Bonchev–Trinajstić information content (AvgIpc) is 2.91. The Balaban J connectivity index is 1.44. The Labute approximate surface area is 148 Å². The Morgan fingerprint density at radius 1 is 1.04 bits per heavy atom. The molecule has 0 aromatic heterocycles. The zero-order valence-corrected chi connectivity index (χ0v) is 14.7. The van der Waals surface area contributed by atoms with Crippen molar-refractivity contribution in [3.8, 4) is 0 Å². The molecule has 6 heteroatoms. The Hall–Kier alpha value is -1.20. The molecule has 1 aliphatic rings. The highest BCUT2D eigenvalue weighted by Gasteiger charge is 2.13. The van der Waals surface area contributed by atoms with Crippen LogP contribution in [-0.2, 0) is 23.8 Å². The molecule has 1 N–H and O–H groups in total. The van der Waals surface area contributed by atoms with Gasteiger partial charge in [-0.05, 0) is 54.8 Å². The SMILES string of the molecule is O=S1C=Nc2ccc(CCCNCc3ccc(Cl)c(Cl)c3)cc21. The maximum atomic E-state index is 11.7. The molecule has 0 fully saturated rings. The van der Waals surface area contributed by atoms with Crippen LogP contribution < -0.4 is 5.32 Å². The van der Waals surface area contributed by atoms with Crippen LogP contribution in [0.2, 0.25) is 10.0 Å². The number of aliphatic imine (C=N–C) groups is 1. The summed E-state index contributed by atoms with van der Waals surface area (Å²) >= 11 is 11.9. The normalized spacial score (nSPS) is 15.8. The van der Waals surface area contributed by atoms with Crippen molar-refractivity contribution in [3.05, 3.63) is 57.6 Å². The van der Waals surface area contributed by atoms with Crippen molar-refractivity contribution in [2.45, 2.75) is 24.3 Å². The summed E-state index contributed by atoms with van der Waals surface area (Å²) in [6.07, 6.45) is 1.95. The van der Waals surface area contributed by atoms with Crippen molar-refractivity contribution >= 4 is 45.2 Å². The first-order valence-electron chi connectivity index (χ1n) is 7.36. The van der Waals surface area contributed by atoms with E-state index in [9.17, 15) is 4.21 Å². The molecule has 1 unspecified atom stereocenters. The molecular weight excluding hydrogens is 351 g/mol. The fraction of sp³-hybridized carbons (Fsp3) is 0.235. The highest BCUT2D eigenvalue weighted by molar-refractivity contribution is 7.99. The molecule has 3 rings (SSSR count). The van der Waals surface area contributed by atoms with E-state index < -0.39 is 10.8 Å². The van der Waals surface area contributed by atoms with Crippen LogP contribution in [0.4, 0.5) is 5.69 Å². The fourth-order valence-corrected chi connectivity index (χ4v) is 3.68. The third kappa shape index (κ3) is 4.21. The summed E-state index contributed by atoms with van der Waals surface area (Å²) in [5, 5.41) is 4.55. The second-order valence-electron chi connectivity index (χ2n) is 5.36. The molecule has 2 aromatic rings. The maximum absolute atomic E-state index is 11.7. The number of benzene rings is 2.